The van der Waals surface area contributed by atoms with Crippen LogP contribution in [0.25, 0.3) is 10.1 Å². The molecule has 0 amide bonds. The van der Waals surface area contributed by atoms with E-state index in [1.54, 1.807) is 18.3 Å². The maximum Gasteiger partial charge on any atom is 0.355 e. The van der Waals surface area contributed by atoms with Gasteiger partial charge in [0.1, 0.15) is 10.6 Å². The number of hydrogen-bond acceptors (Lipinski definition) is 4. The van der Waals surface area contributed by atoms with Crippen LogP contribution in [-0.2, 0) is 0 Å². The zero-order valence-corrected chi connectivity index (χ0v) is 17.6. The summed E-state index contributed by atoms with van der Waals surface area (Å²) < 4.78 is 7.49. The van der Waals surface area contributed by atoms with Crippen LogP contribution in [0.3, 0.4) is 0 Å². The number of carbonyl (C=O) groups is 1. The molecule has 0 unspecified atom stereocenters. The minimum atomic E-state index is -0.465. The van der Waals surface area contributed by atoms with Crippen LogP contribution in [0, 0.1) is 0 Å². The van der Waals surface area contributed by atoms with E-state index in [0.717, 1.165) is 25.8 Å². The summed E-state index contributed by atoms with van der Waals surface area (Å²) >= 11 is 11.1. The lowest BCUT2D eigenvalue weighted by Gasteiger charge is -2.04. The lowest BCUT2D eigenvalue weighted by Crippen LogP contribution is -2.07. The third kappa shape index (κ3) is 4.17. The Labute approximate surface area is 179 Å². The van der Waals surface area contributed by atoms with Crippen molar-refractivity contribution in [1.29, 1.82) is 0 Å². The molecular formula is C22H13BrClNO2S. The smallest absolute Gasteiger partial charge is 0.355 e. The van der Waals surface area contributed by atoms with E-state index in [2.05, 4.69) is 20.9 Å². The molecule has 0 spiro atoms. The van der Waals surface area contributed by atoms with Gasteiger partial charge in [0.25, 0.3) is 0 Å². The first kappa shape index (κ1) is 18.9. The van der Waals surface area contributed by atoms with E-state index in [1.807, 2.05) is 60.7 Å². The first-order valence-corrected chi connectivity index (χ1v) is 10.4. The van der Waals surface area contributed by atoms with Crippen LogP contribution in [0.15, 0.2) is 82.3 Å². The first-order chi connectivity index (χ1) is 13.6. The summed E-state index contributed by atoms with van der Waals surface area (Å²) in [5, 5.41) is 1.29. The summed E-state index contributed by atoms with van der Waals surface area (Å²) in [5.74, 6) is -0.0218. The highest BCUT2D eigenvalue weighted by Gasteiger charge is 2.18. The van der Waals surface area contributed by atoms with Gasteiger partial charge in [0.05, 0.1) is 10.7 Å². The zero-order chi connectivity index (χ0) is 19.5. The minimum absolute atomic E-state index is 0.400. The van der Waals surface area contributed by atoms with E-state index in [-0.39, 0.29) is 0 Å². The van der Waals surface area contributed by atoms with Crippen molar-refractivity contribution >= 4 is 66.8 Å². The number of aliphatic imine (C=N–C) groups is 1. The number of hydrogen-bond donors (Lipinski definition) is 0. The fourth-order valence-corrected chi connectivity index (χ4v) is 4.28. The van der Waals surface area contributed by atoms with Crippen molar-refractivity contribution in [2.45, 2.75) is 0 Å². The Morgan fingerprint density at radius 3 is 2.61 bits per heavy atom. The van der Waals surface area contributed by atoms with Crippen LogP contribution in [0.4, 0.5) is 5.69 Å². The molecule has 0 radical (unpaired) electrons. The number of benzene rings is 3. The maximum absolute atomic E-state index is 12.6. The summed E-state index contributed by atoms with van der Waals surface area (Å²) in [6.07, 6.45) is 1.73. The van der Waals surface area contributed by atoms with Crippen LogP contribution in [-0.4, -0.2) is 12.2 Å². The number of rotatable bonds is 4. The minimum Gasteiger partial charge on any atom is -0.422 e. The lowest BCUT2D eigenvalue weighted by molar-refractivity contribution is 0.0740. The highest BCUT2D eigenvalue weighted by Crippen LogP contribution is 2.35. The molecule has 3 aromatic carbocycles. The molecule has 0 aliphatic rings. The predicted molar refractivity (Wildman–Crippen MR) is 120 cm³/mol. The van der Waals surface area contributed by atoms with E-state index in [0.29, 0.717) is 15.6 Å². The van der Waals surface area contributed by atoms with Gasteiger partial charge in [-0.15, -0.1) is 11.3 Å². The summed E-state index contributed by atoms with van der Waals surface area (Å²) in [7, 11) is 0. The van der Waals surface area contributed by atoms with Gasteiger partial charge in [-0.1, -0.05) is 57.9 Å². The molecule has 28 heavy (non-hydrogen) atoms. The second-order valence-electron chi connectivity index (χ2n) is 5.94. The molecule has 1 aromatic heterocycles. The normalized spacial score (nSPS) is 11.2. The van der Waals surface area contributed by atoms with Crippen LogP contribution < -0.4 is 4.74 Å². The Bertz CT molecular complexity index is 1180. The largest absolute Gasteiger partial charge is 0.422 e. The standard InChI is InChI=1S/C22H13BrClNO2S/c23-15-8-10-16(11-9-15)25-13-14-4-3-5-17(12-14)27-22(26)21-20(24)18-6-1-2-7-19(18)28-21/h1-13H. The van der Waals surface area contributed by atoms with Gasteiger partial charge in [-0.25, -0.2) is 4.79 Å². The average Bonchev–Trinajstić information content (AvgIpc) is 3.05. The van der Waals surface area contributed by atoms with E-state index in [4.69, 9.17) is 16.3 Å². The van der Waals surface area contributed by atoms with Crippen molar-refractivity contribution in [3.63, 3.8) is 0 Å². The summed E-state index contributed by atoms with van der Waals surface area (Å²) in [6.45, 7) is 0. The van der Waals surface area contributed by atoms with Gasteiger partial charge in [0.15, 0.2) is 0 Å². The van der Waals surface area contributed by atoms with Crippen LogP contribution >= 0.6 is 38.9 Å². The Balaban J connectivity index is 1.53. The molecule has 6 heteroatoms. The third-order valence-corrected chi connectivity index (χ3v) is 6.16. The van der Waals surface area contributed by atoms with Gasteiger partial charge in [0, 0.05) is 20.8 Å². The molecule has 0 atom stereocenters. The molecule has 0 N–H and O–H groups in total. The van der Waals surface area contributed by atoms with E-state index in [9.17, 15) is 4.79 Å². The number of halogens is 2. The van der Waals surface area contributed by atoms with Gasteiger partial charge in [-0.05, 0) is 48.0 Å². The van der Waals surface area contributed by atoms with Crippen LogP contribution in [0.2, 0.25) is 5.02 Å². The molecule has 0 bridgehead atoms. The summed E-state index contributed by atoms with van der Waals surface area (Å²) in [5.41, 5.74) is 1.67. The molecule has 4 rings (SSSR count). The molecule has 4 aromatic rings. The van der Waals surface area contributed by atoms with Crippen molar-refractivity contribution in [3.05, 3.63) is 92.7 Å². The topological polar surface area (TPSA) is 38.7 Å². The molecule has 1 heterocycles. The Kier molecular flexibility index (Phi) is 5.57. The molecule has 0 aliphatic carbocycles. The van der Waals surface area contributed by atoms with Gasteiger partial charge >= 0.3 is 5.97 Å². The number of fused-ring (bicyclic) bond motifs is 1. The Morgan fingerprint density at radius 1 is 1.04 bits per heavy atom. The number of thiophene rings is 1. The van der Waals surface area contributed by atoms with E-state index >= 15 is 0 Å². The third-order valence-electron chi connectivity index (χ3n) is 3.98. The van der Waals surface area contributed by atoms with Crippen molar-refractivity contribution < 1.29 is 9.53 Å². The van der Waals surface area contributed by atoms with E-state index in [1.165, 1.54) is 11.3 Å². The van der Waals surface area contributed by atoms with E-state index < -0.39 is 5.97 Å². The molecular weight excluding hydrogens is 458 g/mol. The average molecular weight is 471 g/mol. The monoisotopic (exact) mass is 469 g/mol. The fourth-order valence-electron chi connectivity index (χ4n) is 2.63. The fraction of sp³-hybridized carbons (Fsp3) is 0. The number of esters is 1. The SMILES string of the molecule is O=C(Oc1cccc(C=Nc2ccc(Br)cc2)c1)c1sc2ccccc2c1Cl. The van der Waals surface area contributed by atoms with Gasteiger partial charge < -0.3 is 4.74 Å². The van der Waals surface area contributed by atoms with Crippen LogP contribution in [0.5, 0.6) is 5.75 Å². The van der Waals surface area contributed by atoms with Crippen molar-refractivity contribution in [2.24, 2.45) is 4.99 Å². The second-order valence-corrected chi connectivity index (χ2v) is 8.28. The highest BCUT2D eigenvalue weighted by molar-refractivity contribution is 9.10. The molecule has 138 valence electrons. The van der Waals surface area contributed by atoms with Gasteiger partial charge in [0.2, 0.25) is 0 Å². The van der Waals surface area contributed by atoms with Crippen molar-refractivity contribution in [3.8, 4) is 5.75 Å². The Morgan fingerprint density at radius 2 is 1.82 bits per heavy atom. The van der Waals surface area contributed by atoms with Gasteiger partial charge in [-0.3, -0.25) is 4.99 Å². The number of ether oxygens (including phenoxy) is 1. The summed E-state index contributed by atoms with van der Waals surface area (Å²) in [4.78, 5) is 17.4. The second kappa shape index (κ2) is 8.27. The van der Waals surface area contributed by atoms with Crippen molar-refractivity contribution in [1.82, 2.24) is 0 Å². The number of nitrogens with zero attached hydrogens (tertiary/aromatic N) is 1. The zero-order valence-electron chi connectivity index (χ0n) is 14.4. The molecule has 0 saturated carbocycles. The molecule has 0 fully saturated rings. The highest BCUT2D eigenvalue weighted by atomic mass is 79.9. The molecule has 0 aliphatic heterocycles. The first-order valence-electron chi connectivity index (χ1n) is 8.39. The van der Waals surface area contributed by atoms with Crippen LogP contribution in [0.1, 0.15) is 15.2 Å². The molecule has 3 nitrogen and oxygen atoms in total. The summed E-state index contributed by atoms with van der Waals surface area (Å²) in [6, 6.07) is 22.5. The van der Waals surface area contributed by atoms with Crippen molar-refractivity contribution in [2.75, 3.05) is 0 Å². The maximum atomic E-state index is 12.6. The lowest BCUT2D eigenvalue weighted by atomic mass is 10.2. The number of carbonyl (C=O) groups excluding carboxylic acids is 1. The quantitative estimate of drug-likeness (QED) is 0.178. The Hall–Kier alpha value is -2.47. The van der Waals surface area contributed by atoms with Gasteiger partial charge in [-0.2, -0.15) is 0 Å². The molecule has 0 saturated heterocycles. The predicted octanol–water partition coefficient (Wildman–Crippen LogP) is 7.29.